The fourth-order valence-electron chi connectivity index (χ4n) is 1.48. The minimum Gasteiger partial charge on any atom is -0.445 e. The number of hydrogen-bond acceptors (Lipinski definition) is 5. The van der Waals surface area contributed by atoms with Crippen LogP contribution in [0.3, 0.4) is 0 Å². The standard InChI is InChI=1S/C12H17N5O2/c1-16-14-11(15-17(16)2)8-13-12(18)19-9-10-6-4-3-5-7-10/h3-7H,8-9H2,1-2H3,(H2,13,14,15,18)/p-1. The molecular formula is C12H16N5O2-. The summed E-state index contributed by atoms with van der Waals surface area (Å²) in [4.78, 5) is 11.5. The molecule has 0 saturated heterocycles. The molecule has 0 aromatic heterocycles. The Kier molecular flexibility index (Phi) is 4.19. The highest BCUT2D eigenvalue weighted by Crippen LogP contribution is 2.10. The fraction of sp³-hybridized carbons (Fsp3) is 0.333. The van der Waals surface area contributed by atoms with Crippen molar-refractivity contribution >= 4 is 11.9 Å². The van der Waals surface area contributed by atoms with E-state index in [0.717, 1.165) is 5.56 Å². The van der Waals surface area contributed by atoms with E-state index >= 15 is 0 Å². The van der Waals surface area contributed by atoms with E-state index in [1.54, 1.807) is 24.3 Å². The molecule has 0 spiro atoms. The second kappa shape index (κ2) is 6.05. The summed E-state index contributed by atoms with van der Waals surface area (Å²) >= 11 is 0. The number of alkyl carbamates (subject to hydrolysis) is 1. The van der Waals surface area contributed by atoms with Gasteiger partial charge in [-0.15, -0.1) is 0 Å². The van der Waals surface area contributed by atoms with Gasteiger partial charge < -0.3 is 25.7 Å². The van der Waals surface area contributed by atoms with Crippen LogP contribution in [0.5, 0.6) is 0 Å². The Morgan fingerprint density at radius 2 is 2.11 bits per heavy atom. The highest BCUT2D eigenvalue weighted by atomic mass is 16.5. The summed E-state index contributed by atoms with van der Waals surface area (Å²) in [5.41, 5.74) is 5.04. The minimum atomic E-state index is -0.487. The Morgan fingerprint density at radius 1 is 1.37 bits per heavy atom. The quantitative estimate of drug-likeness (QED) is 0.888. The van der Waals surface area contributed by atoms with E-state index < -0.39 is 6.09 Å². The molecule has 1 aliphatic heterocycles. The van der Waals surface area contributed by atoms with E-state index in [1.165, 1.54) is 0 Å². The van der Waals surface area contributed by atoms with Crippen molar-refractivity contribution in [1.82, 2.24) is 15.6 Å². The van der Waals surface area contributed by atoms with Crippen LogP contribution >= 0.6 is 0 Å². The average Bonchev–Trinajstić information content (AvgIpc) is 2.74. The van der Waals surface area contributed by atoms with Crippen molar-refractivity contribution in [2.75, 3.05) is 20.6 Å². The molecule has 0 fully saturated rings. The molecule has 1 aromatic carbocycles. The van der Waals surface area contributed by atoms with Gasteiger partial charge >= 0.3 is 6.09 Å². The molecule has 7 nitrogen and oxygen atoms in total. The van der Waals surface area contributed by atoms with Crippen molar-refractivity contribution in [3.63, 3.8) is 0 Å². The molecule has 1 amide bonds. The van der Waals surface area contributed by atoms with Gasteiger partial charge in [0, 0.05) is 20.6 Å². The molecular weight excluding hydrogens is 246 g/mol. The summed E-state index contributed by atoms with van der Waals surface area (Å²) in [6.07, 6.45) is -0.487. The van der Waals surface area contributed by atoms with E-state index in [0.29, 0.717) is 5.84 Å². The van der Waals surface area contributed by atoms with Gasteiger partial charge in [0.25, 0.3) is 0 Å². The predicted octanol–water partition coefficient (Wildman–Crippen LogP) is 1.31. The first-order valence-electron chi connectivity index (χ1n) is 5.86. The third kappa shape index (κ3) is 3.85. The van der Waals surface area contributed by atoms with Crippen LogP contribution in [0.25, 0.3) is 5.43 Å². The average molecular weight is 262 g/mol. The second-order valence-corrected chi connectivity index (χ2v) is 4.01. The van der Waals surface area contributed by atoms with Gasteiger partial charge in [-0.3, -0.25) is 0 Å². The maximum atomic E-state index is 11.5. The van der Waals surface area contributed by atoms with Gasteiger partial charge in [0.05, 0.1) is 0 Å². The van der Waals surface area contributed by atoms with Crippen molar-refractivity contribution in [2.45, 2.75) is 6.61 Å². The zero-order valence-electron chi connectivity index (χ0n) is 10.9. The van der Waals surface area contributed by atoms with Crippen molar-refractivity contribution in [3.8, 4) is 0 Å². The Labute approximate surface area is 111 Å². The summed E-state index contributed by atoms with van der Waals surface area (Å²) in [6, 6.07) is 9.50. The molecule has 7 heteroatoms. The number of amides is 1. The molecule has 0 bridgehead atoms. The first-order chi connectivity index (χ1) is 9.15. The number of hydrazine groups is 1. The fourth-order valence-corrected chi connectivity index (χ4v) is 1.48. The first kappa shape index (κ1) is 13.2. The van der Waals surface area contributed by atoms with Crippen LogP contribution in [0, 0.1) is 0 Å². The topological polar surface area (TPSA) is 71.3 Å². The number of amidine groups is 1. The van der Waals surface area contributed by atoms with Crippen molar-refractivity contribution in [3.05, 3.63) is 41.3 Å². The van der Waals surface area contributed by atoms with Crippen LogP contribution < -0.4 is 5.32 Å². The van der Waals surface area contributed by atoms with Crippen LogP contribution in [-0.4, -0.2) is 42.8 Å². The van der Waals surface area contributed by atoms with E-state index in [1.807, 2.05) is 30.3 Å². The number of benzene rings is 1. The van der Waals surface area contributed by atoms with Gasteiger partial charge in [-0.1, -0.05) is 30.3 Å². The monoisotopic (exact) mass is 262 g/mol. The highest BCUT2D eigenvalue weighted by Gasteiger charge is 2.07. The highest BCUT2D eigenvalue weighted by molar-refractivity contribution is 5.97. The van der Waals surface area contributed by atoms with Gasteiger partial charge in [0.15, 0.2) is 0 Å². The zero-order chi connectivity index (χ0) is 13.7. The number of hydrogen-bond donors (Lipinski definition) is 1. The molecule has 0 radical (unpaired) electrons. The third-order valence-electron chi connectivity index (χ3n) is 2.54. The lowest BCUT2D eigenvalue weighted by atomic mass is 10.2. The first-order valence-corrected chi connectivity index (χ1v) is 5.86. The lowest BCUT2D eigenvalue weighted by molar-refractivity contribution is 0.0947. The Morgan fingerprint density at radius 3 is 2.74 bits per heavy atom. The summed E-state index contributed by atoms with van der Waals surface area (Å²) in [7, 11) is 3.54. The number of carbonyl (C=O) groups excluding carboxylic acids is 1. The van der Waals surface area contributed by atoms with Gasteiger partial charge in [0.2, 0.25) is 0 Å². The van der Waals surface area contributed by atoms with E-state index in [-0.39, 0.29) is 13.2 Å². The van der Waals surface area contributed by atoms with E-state index in [4.69, 9.17) is 4.74 Å². The predicted molar refractivity (Wildman–Crippen MR) is 70.9 cm³/mol. The second-order valence-electron chi connectivity index (χ2n) is 4.01. The van der Waals surface area contributed by atoms with Gasteiger partial charge in [-0.05, 0) is 11.4 Å². The summed E-state index contributed by atoms with van der Waals surface area (Å²) in [6.45, 7) is 0.485. The smallest absolute Gasteiger partial charge is 0.407 e. The summed E-state index contributed by atoms with van der Waals surface area (Å²) < 4.78 is 5.07. The van der Waals surface area contributed by atoms with Crippen LogP contribution in [-0.2, 0) is 11.3 Å². The lowest BCUT2D eigenvalue weighted by Gasteiger charge is -2.25. The number of nitrogens with one attached hydrogen (secondary N) is 1. The molecule has 1 aliphatic rings. The third-order valence-corrected chi connectivity index (χ3v) is 2.54. The maximum Gasteiger partial charge on any atom is 0.407 e. The SMILES string of the molecule is CN1N=C(CNC(=O)OCc2ccccc2)[N-]N1C. The number of carbonyl (C=O) groups is 1. The van der Waals surface area contributed by atoms with Crippen molar-refractivity contribution < 1.29 is 9.53 Å². The molecule has 0 atom stereocenters. The van der Waals surface area contributed by atoms with E-state index in [9.17, 15) is 4.79 Å². The number of nitrogens with zero attached hydrogens (tertiary/aromatic N) is 4. The normalized spacial score (nSPS) is 14.8. The van der Waals surface area contributed by atoms with Crippen LogP contribution in [0.15, 0.2) is 35.4 Å². The zero-order valence-corrected chi connectivity index (χ0v) is 10.9. The van der Waals surface area contributed by atoms with Crippen LogP contribution in [0.4, 0.5) is 4.79 Å². The van der Waals surface area contributed by atoms with Gasteiger partial charge in [-0.2, -0.15) is 0 Å². The van der Waals surface area contributed by atoms with Crippen molar-refractivity contribution in [2.24, 2.45) is 5.10 Å². The van der Waals surface area contributed by atoms with Crippen molar-refractivity contribution in [1.29, 1.82) is 0 Å². The number of hydrazone groups is 1. The summed E-state index contributed by atoms with van der Waals surface area (Å²) in [5, 5.41) is 9.85. The number of rotatable bonds is 4. The molecule has 19 heavy (non-hydrogen) atoms. The molecule has 0 saturated carbocycles. The van der Waals surface area contributed by atoms with Crippen LogP contribution in [0.1, 0.15) is 5.56 Å². The molecule has 1 N–H and O–H groups in total. The molecule has 1 heterocycles. The Bertz CT molecular complexity index is 462. The Balaban J connectivity index is 1.69. The Hall–Kier alpha value is -2.28. The molecule has 0 aliphatic carbocycles. The molecule has 0 unspecified atom stereocenters. The largest absolute Gasteiger partial charge is 0.445 e. The number of ether oxygens (including phenoxy) is 1. The molecule has 1 aromatic rings. The van der Waals surface area contributed by atoms with Gasteiger partial charge in [-0.25, -0.2) is 9.91 Å². The lowest BCUT2D eigenvalue weighted by Crippen LogP contribution is -2.29. The minimum absolute atomic E-state index is 0.238. The molecule has 102 valence electrons. The molecule has 2 rings (SSSR count). The summed E-state index contributed by atoms with van der Waals surface area (Å²) in [5.74, 6) is 0.529. The van der Waals surface area contributed by atoms with Crippen LogP contribution in [0.2, 0.25) is 0 Å². The van der Waals surface area contributed by atoms with E-state index in [2.05, 4.69) is 15.8 Å². The maximum absolute atomic E-state index is 11.5. The van der Waals surface area contributed by atoms with Gasteiger partial charge in [0.1, 0.15) is 6.61 Å².